The van der Waals surface area contributed by atoms with Gasteiger partial charge in [-0.3, -0.25) is 0 Å². The lowest BCUT2D eigenvalue weighted by molar-refractivity contribution is -0.140. The van der Waals surface area contributed by atoms with Gasteiger partial charge in [-0.1, -0.05) is 24.3 Å². The Kier molecular flexibility index (Phi) is 6.45. The van der Waals surface area contributed by atoms with Crippen molar-refractivity contribution in [3.63, 3.8) is 0 Å². The molecule has 5 aromatic rings. The van der Waals surface area contributed by atoms with Gasteiger partial charge in [-0.2, -0.15) is 18.2 Å². The molecule has 0 aliphatic heterocycles. The molecule has 12 heteroatoms. The molecule has 0 atom stereocenters. The zero-order chi connectivity index (χ0) is 27.9. The van der Waals surface area contributed by atoms with Gasteiger partial charge in [-0.15, -0.1) is 0 Å². The minimum atomic E-state index is -4.51. The minimum Gasteiger partial charge on any atom is -0.480 e. The summed E-state index contributed by atoms with van der Waals surface area (Å²) in [6.45, 7) is 0.163. The van der Waals surface area contributed by atoms with Crippen LogP contribution in [0.25, 0.3) is 34.0 Å². The van der Waals surface area contributed by atoms with Crippen molar-refractivity contribution < 1.29 is 22.6 Å². The van der Waals surface area contributed by atoms with Gasteiger partial charge in [0.2, 0.25) is 11.8 Å². The highest BCUT2D eigenvalue weighted by atomic mass is 19.4. The molecule has 0 amide bonds. The van der Waals surface area contributed by atoms with Crippen molar-refractivity contribution in [1.82, 2.24) is 34.5 Å². The molecular formula is C28H24F3N7O2. The van der Waals surface area contributed by atoms with Gasteiger partial charge in [0.25, 0.3) is 0 Å². The maximum atomic E-state index is 13.1. The van der Waals surface area contributed by atoms with Crippen LogP contribution in [0, 0.1) is 0 Å². The van der Waals surface area contributed by atoms with E-state index in [2.05, 4.69) is 24.9 Å². The topological polar surface area (TPSA) is 104 Å². The number of alkyl halides is 3. The minimum absolute atomic E-state index is 0.163. The van der Waals surface area contributed by atoms with Crippen molar-refractivity contribution in [3.05, 3.63) is 78.3 Å². The molecule has 0 spiro atoms. The van der Waals surface area contributed by atoms with Crippen molar-refractivity contribution in [1.29, 1.82) is 0 Å². The normalized spacial score (nSPS) is 13.4. The quantitative estimate of drug-likeness (QED) is 0.261. The van der Waals surface area contributed by atoms with Crippen LogP contribution in [-0.4, -0.2) is 41.6 Å². The molecule has 9 nitrogen and oxygen atoms in total. The van der Waals surface area contributed by atoms with Crippen molar-refractivity contribution in [2.24, 2.45) is 7.05 Å². The second-order valence-electron chi connectivity index (χ2n) is 9.46. The third-order valence-corrected chi connectivity index (χ3v) is 6.62. The Morgan fingerprint density at radius 3 is 2.48 bits per heavy atom. The van der Waals surface area contributed by atoms with Crippen LogP contribution in [-0.2, 0) is 19.8 Å². The molecule has 1 saturated carbocycles. The van der Waals surface area contributed by atoms with Crippen molar-refractivity contribution in [2.75, 3.05) is 7.11 Å². The fraction of sp³-hybridized carbons (Fsp3) is 0.250. The molecule has 4 heterocycles. The van der Waals surface area contributed by atoms with Gasteiger partial charge in [0.15, 0.2) is 11.5 Å². The highest BCUT2D eigenvalue weighted by molar-refractivity contribution is 5.70. The Bertz CT molecular complexity index is 1640. The van der Waals surface area contributed by atoms with Crippen LogP contribution < -0.4 is 9.47 Å². The summed E-state index contributed by atoms with van der Waals surface area (Å²) in [5.41, 5.74) is 3.37. The number of imidazole rings is 1. The van der Waals surface area contributed by atoms with Crippen molar-refractivity contribution in [2.45, 2.75) is 31.5 Å². The van der Waals surface area contributed by atoms with Crippen LogP contribution in [0.2, 0.25) is 0 Å². The molecule has 0 bridgehead atoms. The van der Waals surface area contributed by atoms with E-state index in [0.717, 1.165) is 36.0 Å². The first-order valence-electron chi connectivity index (χ1n) is 12.5. The average molecular weight is 548 g/mol. The Hall–Kier alpha value is -4.74. The molecule has 204 valence electrons. The Morgan fingerprint density at radius 1 is 1.02 bits per heavy atom. The first kappa shape index (κ1) is 25.5. The Morgan fingerprint density at radius 2 is 1.82 bits per heavy atom. The summed E-state index contributed by atoms with van der Waals surface area (Å²) < 4.78 is 52.3. The van der Waals surface area contributed by atoms with Gasteiger partial charge in [0.1, 0.15) is 24.3 Å². The van der Waals surface area contributed by atoms with Gasteiger partial charge >= 0.3 is 6.18 Å². The maximum Gasteiger partial charge on any atom is 0.434 e. The largest absolute Gasteiger partial charge is 0.480 e. The third kappa shape index (κ3) is 4.99. The maximum absolute atomic E-state index is 13.1. The van der Waals surface area contributed by atoms with Crippen LogP contribution in [0.1, 0.15) is 35.7 Å². The second-order valence-corrected chi connectivity index (χ2v) is 9.46. The molecule has 1 aromatic carbocycles. The number of hydrogen-bond donors (Lipinski definition) is 1. The molecule has 1 N–H and O–H groups in total. The van der Waals surface area contributed by atoms with Gasteiger partial charge in [0.05, 0.1) is 24.1 Å². The van der Waals surface area contributed by atoms with E-state index in [-0.39, 0.29) is 12.4 Å². The number of rotatable bonds is 8. The summed E-state index contributed by atoms with van der Waals surface area (Å²) in [4.78, 5) is 25.0. The van der Waals surface area contributed by atoms with E-state index >= 15 is 0 Å². The molecule has 0 saturated heterocycles. The van der Waals surface area contributed by atoms with Gasteiger partial charge in [-0.25, -0.2) is 19.9 Å². The van der Waals surface area contributed by atoms with Gasteiger partial charge < -0.3 is 19.0 Å². The van der Waals surface area contributed by atoms with Crippen molar-refractivity contribution >= 4 is 0 Å². The van der Waals surface area contributed by atoms with E-state index in [4.69, 9.17) is 14.5 Å². The van der Waals surface area contributed by atoms with Crippen LogP contribution in [0.4, 0.5) is 13.2 Å². The smallest absolute Gasteiger partial charge is 0.434 e. The van der Waals surface area contributed by atoms with Crippen molar-refractivity contribution in [3.8, 4) is 45.8 Å². The zero-order valence-corrected chi connectivity index (χ0v) is 21.6. The molecule has 1 fully saturated rings. The Labute approximate surface area is 227 Å². The number of nitrogens with one attached hydrogen (secondary N) is 1. The van der Waals surface area contributed by atoms with E-state index in [0.29, 0.717) is 40.2 Å². The number of H-pyrrole nitrogens is 1. The van der Waals surface area contributed by atoms with E-state index in [9.17, 15) is 13.2 Å². The molecule has 6 rings (SSSR count). The monoisotopic (exact) mass is 547 g/mol. The fourth-order valence-electron chi connectivity index (χ4n) is 4.47. The zero-order valence-electron chi connectivity index (χ0n) is 21.6. The molecule has 40 heavy (non-hydrogen) atoms. The van der Waals surface area contributed by atoms with Crippen LogP contribution in [0.3, 0.4) is 0 Å². The summed E-state index contributed by atoms with van der Waals surface area (Å²) >= 11 is 0. The molecule has 1 aliphatic rings. The van der Waals surface area contributed by atoms with Gasteiger partial charge in [0, 0.05) is 37.1 Å². The number of methoxy groups -OCH3 is 1. The fourth-order valence-corrected chi connectivity index (χ4v) is 4.47. The standard InChI is InChI=1S/C28H24F3N7O2/c1-38-13-21(28(29,30)31)36-25(38)18-7-5-16(6-8-18)14-40-26-19(20-4-3-11-32-20)12-33-24(37-26)22-23(17-9-10-17)34-15-35-27(22)39-2/h3-8,11-13,15,17,32H,9-10,14H2,1-2H3. The van der Waals surface area contributed by atoms with E-state index in [1.807, 2.05) is 12.1 Å². The molecular weight excluding hydrogens is 523 g/mol. The lowest BCUT2D eigenvalue weighted by Crippen LogP contribution is -2.05. The number of benzene rings is 1. The average Bonchev–Trinajstić information content (AvgIpc) is 3.50. The predicted molar refractivity (Wildman–Crippen MR) is 139 cm³/mol. The SMILES string of the molecule is COc1ncnc(C2CC2)c1-c1ncc(-c2ccc[nH]2)c(OCc2ccc(-c3nc(C(F)(F)F)cn3C)cc2)n1. The first-order valence-corrected chi connectivity index (χ1v) is 12.5. The summed E-state index contributed by atoms with van der Waals surface area (Å²) in [5.74, 6) is 1.68. The lowest BCUT2D eigenvalue weighted by atomic mass is 10.1. The highest BCUT2D eigenvalue weighted by Gasteiger charge is 2.34. The van der Waals surface area contributed by atoms with E-state index in [1.165, 1.54) is 17.9 Å². The van der Waals surface area contributed by atoms with Gasteiger partial charge in [-0.05, 0) is 30.5 Å². The number of nitrogens with zero attached hydrogens (tertiary/aromatic N) is 6. The van der Waals surface area contributed by atoms with Crippen LogP contribution in [0.15, 0.2) is 61.3 Å². The second kappa shape index (κ2) is 10.1. The van der Waals surface area contributed by atoms with Crippen LogP contribution >= 0.6 is 0 Å². The predicted octanol–water partition coefficient (Wildman–Crippen LogP) is 5.81. The number of aromatic nitrogens is 7. The highest BCUT2D eigenvalue weighted by Crippen LogP contribution is 2.45. The summed E-state index contributed by atoms with van der Waals surface area (Å²) in [6, 6.07) is 10.8. The van der Waals surface area contributed by atoms with Crippen LogP contribution in [0.5, 0.6) is 11.8 Å². The third-order valence-electron chi connectivity index (χ3n) is 6.62. The van der Waals surface area contributed by atoms with E-state index in [1.54, 1.807) is 43.8 Å². The summed E-state index contributed by atoms with van der Waals surface area (Å²) in [5, 5.41) is 0. The molecule has 1 aliphatic carbocycles. The molecule has 4 aromatic heterocycles. The number of ether oxygens (including phenoxy) is 2. The molecule has 0 unspecified atom stereocenters. The first-order chi connectivity index (χ1) is 19.3. The van der Waals surface area contributed by atoms with E-state index < -0.39 is 11.9 Å². The number of aryl methyl sites for hydroxylation is 1. The Balaban J connectivity index is 1.30. The lowest BCUT2D eigenvalue weighted by Gasteiger charge is -2.14. The number of halogens is 3. The number of hydrogen-bond acceptors (Lipinski definition) is 7. The number of aromatic amines is 1. The summed E-state index contributed by atoms with van der Waals surface area (Å²) in [6.07, 6.45) is 3.50. The summed E-state index contributed by atoms with van der Waals surface area (Å²) in [7, 11) is 3.08. The molecule has 0 radical (unpaired) electrons.